The average Bonchev–Trinajstić information content (AvgIpc) is 2.94. The van der Waals surface area contributed by atoms with E-state index in [-0.39, 0.29) is 6.04 Å². The zero-order valence-electron chi connectivity index (χ0n) is 11.5. The summed E-state index contributed by atoms with van der Waals surface area (Å²) in [6.07, 6.45) is 3.79. The fourth-order valence-corrected chi connectivity index (χ4v) is 2.08. The van der Waals surface area contributed by atoms with E-state index in [2.05, 4.69) is 37.4 Å². The van der Waals surface area contributed by atoms with Crippen LogP contribution in [-0.4, -0.2) is 9.78 Å². The highest BCUT2D eigenvalue weighted by Gasteiger charge is 2.13. The van der Waals surface area contributed by atoms with Gasteiger partial charge in [-0.25, -0.2) is 0 Å². The maximum atomic E-state index is 5.38. The van der Waals surface area contributed by atoms with Gasteiger partial charge < -0.3 is 9.73 Å². The highest BCUT2D eigenvalue weighted by Crippen LogP contribution is 2.19. The summed E-state index contributed by atoms with van der Waals surface area (Å²) in [5.74, 6) is 1.41. The number of aryl methyl sites for hydroxylation is 1. The predicted octanol–water partition coefficient (Wildman–Crippen LogP) is 2.99. The molecule has 2 aromatic heterocycles. The van der Waals surface area contributed by atoms with Crippen molar-refractivity contribution in [3.8, 4) is 0 Å². The zero-order valence-corrected chi connectivity index (χ0v) is 11.5. The summed E-state index contributed by atoms with van der Waals surface area (Å²) in [4.78, 5) is 0. The van der Waals surface area contributed by atoms with Crippen LogP contribution in [0.4, 0.5) is 0 Å². The molecular formula is C14H21N3O. The molecular weight excluding hydrogens is 226 g/mol. The van der Waals surface area contributed by atoms with Gasteiger partial charge in [0.2, 0.25) is 0 Å². The van der Waals surface area contributed by atoms with Crippen molar-refractivity contribution in [3.05, 3.63) is 41.6 Å². The molecule has 0 aliphatic carbocycles. The van der Waals surface area contributed by atoms with Crippen molar-refractivity contribution < 1.29 is 4.42 Å². The second-order valence-corrected chi connectivity index (χ2v) is 4.99. The Balaban J connectivity index is 2.02. The Morgan fingerprint density at radius 2 is 2.17 bits per heavy atom. The van der Waals surface area contributed by atoms with Gasteiger partial charge in [0.05, 0.1) is 18.0 Å². The van der Waals surface area contributed by atoms with Crippen LogP contribution in [0.5, 0.6) is 0 Å². The molecule has 0 unspecified atom stereocenters. The van der Waals surface area contributed by atoms with Gasteiger partial charge in [-0.2, -0.15) is 5.10 Å². The molecule has 0 amide bonds. The minimum absolute atomic E-state index is 0.209. The Morgan fingerprint density at radius 1 is 1.39 bits per heavy atom. The number of hydrogen-bond acceptors (Lipinski definition) is 3. The Bertz CT molecular complexity index is 485. The number of furan rings is 1. The van der Waals surface area contributed by atoms with Crippen LogP contribution in [0.3, 0.4) is 0 Å². The van der Waals surface area contributed by atoms with Crippen LogP contribution in [0, 0.1) is 0 Å². The van der Waals surface area contributed by atoms with Crippen molar-refractivity contribution in [2.45, 2.75) is 39.3 Å². The third-order valence-electron chi connectivity index (χ3n) is 3.05. The molecule has 18 heavy (non-hydrogen) atoms. The first-order valence-corrected chi connectivity index (χ1v) is 6.37. The van der Waals surface area contributed by atoms with E-state index in [9.17, 15) is 0 Å². The highest BCUT2D eigenvalue weighted by molar-refractivity contribution is 5.20. The lowest BCUT2D eigenvalue weighted by Gasteiger charge is -2.11. The van der Waals surface area contributed by atoms with Gasteiger partial charge in [0.1, 0.15) is 5.76 Å². The molecule has 2 rings (SSSR count). The molecule has 0 aromatic carbocycles. The van der Waals surface area contributed by atoms with Gasteiger partial charge in [-0.05, 0) is 25.0 Å². The quantitative estimate of drug-likeness (QED) is 0.883. The summed E-state index contributed by atoms with van der Waals surface area (Å²) in [6.45, 7) is 7.25. The number of nitrogens with one attached hydrogen (secondary N) is 1. The van der Waals surface area contributed by atoms with Gasteiger partial charge >= 0.3 is 0 Å². The Kier molecular flexibility index (Phi) is 3.87. The molecule has 0 bridgehead atoms. The van der Waals surface area contributed by atoms with Crippen LogP contribution in [-0.2, 0) is 13.6 Å². The first-order chi connectivity index (χ1) is 8.58. The standard InChI is InChI=1S/C14H21N3O/c1-10(2)14-12(9-17(4)16-14)8-15-11(3)13-6-5-7-18-13/h5-7,9-11,15H,8H2,1-4H3/t11-/m0/s1. The average molecular weight is 247 g/mol. The van der Waals surface area contributed by atoms with Crippen molar-refractivity contribution in [3.63, 3.8) is 0 Å². The largest absolute Gasteiger partial charge is 0.468 e. The van der Waals surface area contributed by atoms with Crippen LogP contribution >= 0.6 is 0 Å². The number of rotatable bonds is 5. The maximum Gasteiger partial charge on any atom is 0.120 e. The van der Waals surface area contributed by atoms with E-state index >= 15 is 0 Å². The molecule has 2 heterocycles. The van der Waals surface area contributed by atoms with Crippen LogP contribution in [0.25, 0.3) is 0 Å². The minimum atomic E-state index is 0.209. The summed E-state index contributed by atoms with van der Waals surface area (Å²) in [6, 6.07) is 4.11. The molecule has 4 heteroatoms. The van der Waals surface area contributed by atoms with Crippen LogP contribution < -0.4 is 5.32 Å². The lowest BCUT2D eigenvalue weighted by Crippen LogP contribution is -2.18. The van der Waals surface area contributed by atoms with E-state index in [1.54, 1.807) is 6.26 Å². The normalized spacial score (nSPS) is 13.2. The molecule has 0 aliphatic heterocycles. The van der Waals surface area contributed by atoms with E-state index in [1.165, 1.54) is 5.56 Å². The van der Waals surface area contributed by atoms with Crippen LogP contribution in [0.15, 0.2) is 29.0 Å². The van der Waals surface area contributed by atoms with E-state index in [4.69, 9.17) is 4.42 Å². The lowest BCUT2D eigenvalue weighted by atomic mass is 10.1. The molecule has 0 spiro atoms. The van der Waals surface area contributed by atoms with Crippen molar-refractivity contribution in [2.24, 2.45) is 7.05 Å². The first-order valence-electron chi connectivity index (χ1n) is 6.37. The lowest BCUT2D eigenvalue weighted by molar-refractivity contribution is 0.429. The highest BCUT2D eigenvalue weighted by atomic mass is 16.3. The number of nitrogens with zero attached hydrogens (tertiary/aromatic N) is 2. The van der Waals surface area contributed by atoms with Crippen molar-refractivity contribution in [2.75, 3.05) is 0 Å². The molecule has 1 atom stereocenters. The second kappa shape index (κ2) is 5.40. The Labute approximate surface area is 108 Å². The van der Waals surface area contributed by atoms with Gasteiger partial charge in [0, 0.05) is 25.4 Å². The summed E-state index contributed by atoms with van der Waals surface area (Å²) < 4.78 is 7.26. The molecule has 1 N–H and O–H groups in total. The minimum Gasteiger partial charge on any atom is -0.468 e. The van der Waals surface area contributed by atoms with Crippen molar-refractivity contribution in [1.82, 2.24) is 15.1 Å². The van der Waals surface area contributed by atoms with Crippen molar-refractivity contribution >= 4 is 0 Å². The third-order valence-corrected chi connectivity index (χ3v) is 3.05. The zero-order chi connectivity index (χ0) is 13.1. The van der Waals surface area contributed by atoms with Gasteiger partial charge in [-0.15, -0.1) is 0 Å². The molecule has 0 saturated heterocycles. The van der Waals surface area contributed by atoms with E-state index in [0.29, 0.717) is 5.92 Å². The number of hydrogen-bond donors (Lipinski definition) is 1. The maximum absolute atomic E-state index is 5.38. The summed E-state index contributed by atoms with van der Waals surface area (Å²) in [7, 11) is 1.96. The van der Waals surface area contributed by atoms with Gasteiger partial charge in [0.25, 0.3) is 0 Å². The van der Waals surface area contributed by atoms with Crippen LogP contribution in [0.2, 0.25) is 0 Å². The molecule has 98 valence electrons. The van der Waals surface area contributed by atoms with Gasteiger partial charge in [-0.1, -0.05) is 13.8 Å². The Hall–Kier alpha value is -1.55. The molecule has 0 aliphatic rings. The predicted molar refractivity (Wildman–Crippen MR) is 71.3 cm³/mol. The first kappa shape index (κ1) is 12.9. The molecule has 4 nitrogen and oxygen atoms in total. The molecule has 0 radical (unpaired) electrons. The van der Waals surface area contributed by atoms with Crippen LogP contribution in [0.1, 0.15) is 49.7 Å². The van der Waals surface area contributed by atoms with E-state index in [0.717, 1.165) is 18.0 Å². The summed E-state index contributed by atoms with van der Waals surface area (Å²) >= 11 is 0. The second-order valence-electron chi connectivity index (χ2n) is 4.99. The van der Waals surface area contributed by atoms with Gasteiger partial charge in [0.15, 0.2) is 0 Å². The fraction of sp³-hybridized carbons (Fsp3) is 0.500. The molecule has 0 fully saturated rings. The van der Waals surface area contributed by atoms with E-state index in [1.807, 2.05) is 23.9 Å². The molecule has 2 aromatic rings. The Morgan fingerprint density at radius 3 is 2.78 bits per heavy atom. The number of aromatic nitrogens is 2. The van der Waals surface area contributed by atoms with Crippen molar-refractivity contribution in [1.29, 1.82) is 0 Å². The molecule has 0 saturated carbocycles. The SMILES string of the molecule is CC(C)c1nn(C)cc1CN[C@@H](C)c1ccco1. The topological polar surface area (TPSA) is 43.0 Å². The summed E-state index contributed by atoms with van der Waals surface area (Å²) in [5.41, 5.74) is 2.42. The smallest absolute Gasteiger partial charge is 0.120 e. The van der Waals surface area contributed by atoms with E-state index < -0.39 is 0 Å². The fourth-order valence-electron chi connectivity index (χ4n) is 2.08. The monoisotopic (exact) mass is 247 g/mol. The van der Waals surface area contributed by atoms with Gasteiger partial charge in [-0.3, -0.25) is 4.68 Å². The third kappa shape index (κ3) is 2.82. The summed E-state index contributed by atoms with van der Waals surface area (Å²) in [5, 5.41) is 7.97.